The van der Waals surface area contributed by atoms with Gasteiger partial charge < -0.3 is 20.3 Å². The van der Waals surface area contributed by atoms with Gasteiger partial charge in [0.1, 0.15) is 5.41 Å². The first-order chi connectivity index (χ1) is 16.5. The summed E-state index contributed by atoms with van der Waals surface area (Å²) in [6.07, 6.45) is -2.14. The van der Waals surface area contributed by atoms with Crippen LogP contribution >= 0.6 is 23.2 Å². The van der Waals surface area contributed by atoms with Gasteiger partial charge in [-0.25, -0.2) is 4.79 Å². The molecule has 5 atom stereocenters. The van der Waals surface area contributed by atoms with Gasteiger partial charge in [-0.1, -0.05) is 68.2 Å². The molecule has 2 aromatic rings. The van der Waals surface area contributed by atoms with E-state index in [1.807, 2.05) is 18.2 Å². The second kappa shape index (κ2) is 11.2. The van der Waals surface area contributed by atoms with Gasteiger partial charge in [0.05, 0.1) is 24.7 Å². The van der Waals surface area contributed by atoms with Crippen LogP contribution in [0.2, 0.25) is 10.0 Å². The number of aliphatic hydroxyl groups is 2. The molecule has 1 aliphatic rings. The number of aliphatic hydroxyl groups excluding tert-OH is 2. The number of halogens is 2. The highest BCUT2D eigenvalue weighted by Gasteiger charge is 2.59. The normalized spacial score (nSPS) is 25.0. The minimum Gasteiger partial charge on any atom is -0.430 e. The smallest absolute Gasteiger partial charge is 0.408 e. The highest BCUT2D eigenvalue weighted by molar-refractivity contribution is 6.30. The molecule has 1 fully saturated rings. The van der Waals surface area contributed by atoms with E-state index in [0.29, 0.717) is 16.5 Å². The van der Waals surface area contributed by atoms with Gasteiger partial charge in [0.2, 0.25) is 0 Å². The van der Waals surface area contributed by atoms with Crippen LogP contribution in [0, 0.1) is 16.7 Å². The van der Waals surface area contributed by atoms with Crippen molar-refractivity contribution in [3.05, 3.63) is 69.7 Å². The molecule has 3 rings (SSSR count). The number of rotatable bonds is 7. The molecule has 1 saturated heterocycles. The third-order valence-electron chi connectivity index (χ3n) is 6.17. The number of ether oxygens (including phenoxy) is 1. The Morgan fingerprint density at radius 1 is 1.23 bits per heavy atom. The highest BCUT2D eigenvalue weighted by atomic mass is 35.5. The monoisotopic (exact) mass is 519 g/mol. The molecule has 35 heavy (non-hydrogen) atoms. The Morgan fingerprint density at radius 2 is 1.91 bits per heavy atom. The number of nitriles is 1. The van der Waals surface area contributed by atoms with Gasteiger partial charge in [-0.15, -0.1) is 0 Å². The lowest BCUT2D eigenvalue weighted by Gasteiger charge is -2.37. The number of carbonyl (C=O) groups excluding carboxylic acids is 1. The van der Waals surface area contributed by atoms with E-state index in [1.165, 1.54) is 0 Å². The fraction of sp³-hybridized carbons (Fsp3) is 0.462. The zero-order chi connectivity index (χ0) is 25.8. The molecule has 0 saturated carbocycles. The number of nitrogens with one attached hydrogen (secondary N) is 2. The maximum absolute atomic E-state index is 12.6. The van der Waals surface area contributed by atoms with Crippen LogP contribution < -0.4 is 10.6 Å². The molecule has 188 valence electrons. The van der Waals surface area contributed by atoms with Crippen molar-refractivity contribution in [1.29, 1.82) is 5.26 Å². The summed E-state index contributed by atoms with van der Waals surface area (Å²) in [5.41, 5.74) is 0.232. The molecule has 1 aliphatic heterocycles. The van der Waals surface area contributed by atoms with E-state index < -0.39 is 36.4 Å². The Hall–Kier alpha value is -2.34. The molecule has 7 nitrogen and oxygen atoms in total. The van der Waals surface area contributed by atoms with Gasteiger partial charge in [0.25, 0.3) is 0 Å². The SMILES string of the molecule is CC(C)(C)C[C@H]1N[C@@H](OC(=O)NC[C@H](O)CO)[C@@H](c2cccc(Cl)c2)[C@]1(C#N)c1ccc(Cl)cc1. The molecular formula is C26H31Cl2N3O4. The van der Waals surface area contributed by atoms with Gasteiger partial charge in [-0.3, -0.25) is 5.32 Å². The van der Waals surface area contributed by atoms with Crippen LogP contribution in [0.3, 0.4) is 0 Å². The standard InChI is InChI=1S/C26H31Cl2N3O4/c1-25(2,3)12-21-26(15-29,17-7-9-18(27)10-8-17)22(16-5-4-6-19(28)11-16)23(31-21)35-24(34)30-13-20(33)14-32/h4-11,20-23,31-33H,12-14H2,1-3H3,(H,30,34)/t20-,21+,22+,23-,26+/m0/s1. The molecule has 0 aromatic heterocycles. The number of hydrogen-bond donors (Lipinski definition) is 4. The number of amides is 1. The fourth-order valence-electron chi connectivity index (χ4n) is 4.69. The fourth-order valence-corrected chi connectivity index (χ4v) is 5.02. The van der Waals surface area contributed by atoms with Crippen LogP contribution in [0.4, 0.5) is 4.79 Å². The van der Waals surface area contributed by atoms with Crippen molar-refractivity contribution in [2.75, 3.05) is 13.2 Å². The Morgan fingerprint density at radius 3 is 2.49 bits per heavy atom. The van der Waals surface area contributed by atoms with Crippen LogP contribution in [0.25, 0.3) is 0 Å². The van der Waals surface area contributed by atoms with Gasteiger partial charge in [0.15, 0.2) is 6.23 Å². The lowest BCUT2D eigenvalue weighted by atomic mass is 9.64. The van der Waals surface area contributed by atoms with E-state index >= 15 is 0 Å². The lowest BCUT2D eigenvalue weighted by Crippen LogP contribution is -2.44. The molecule has 0 radical (unpaired) electrons. The van der Waals surface area contributed by atoms with Crippen LogP contribution in [-0.2, 0) is 10.2 Å². The summed E-state index contributed by atoms with van der Waals surface area (Å²) < 4.78 is 5.79. The van der Waals surface area contributed by atoms with Gasteiger partial charge in [-0.2, -0.15) is 5.26 Å². The third kappa shape index (κ3) is 6.27. The van der Waals surface area contributed by atoms with E-state index in [0.717, 1.165) is 11.1 Å². The minimum atomic E-state index is -1.11. The summed E-state index contributed by atoms with van der Waals surface area (Å²) >= 11 is 12.5. The minimum absolute atomic E-state index is 0.145. The average molecular weight is 520 g/mol. The second-order valence-electron chi connectivity index (χ2n) is 10.0. The molecule has 2 aromatic carbocycles. The summed E-state index contributed by atoms with van der Waals surface area (Å²) in [6, 6.07) is 16.6. The number of nitrogens with zero attached hydrogens (tertiary/aromatic N) is 1. The van der Waals surface area contributed by atoms with Crippen LogP contribution in [0.1, 0.15) is 44.2 Å². The van der Waals surface area contributed by atoms with Crippen molar-refractivity contribution in [3.63, 3.8) is 0 Å². The average Bonchev–Trinajstić information content (AvgIpc) is 3.09. The Labute approximate surface area is 216 Å². The number of hydrogen-bond acceptors (Lipinski definition) is 6. The summed E-state index contributed by atoms with van der Waals surface area (Å²) in [7, 11) is 0. The molecule has 1 heterocycles. The number of carbonyl (C=O) groups is 1. The van der Waals surface area contributed by atoms with Gasteiger partial charge in [-0.05, 0) is 47.2 Å². The first-order valence-corrected chi connectivity index (χ1v) is 12.2. The summed E-state index contributed by atoms with van der Waals surface area (Å²) in [5.74, 6) is -0.603. The van der Waals surface area contributed by atoms with Crippen molar-refractivity contribution in [1.82, 2.24) is 10.6 Å². The van der Waals surface area contributed by atoms with E-state index in [-0.39, 0.29) is 18.0 Å². The summed E-state index contributed by atoms with van der Waals surface area (Å²) in [4.78, 5) is 12.6. The van der Waals surface area contributed by atoms with Crippen molar-refractivity contribution in [2.45, 2.75) is 56.9 Å². The Bertz CT molecular complexity index is 1070. The first kappa shape index (κ1) is 27.3. The molecule has 1 amide bonds. The first-order valence-electron chi connectivity index (χ1n) is 11.4. The van der Waals surface area contributed by atoms with Crippen molar-refractivity contribution in [2.24, 2.45) is 5.41 Å². The van der Waals surface area contributed by atoms with Crippen molar-refractivity contribution >= 4 is 29.3 Å². The molecule has 4 N–H and O–H groups in total. The topological polar surface area (TPSA) is 115 Å². The quantitative estimate of drug-likeness (QED) is 0.432. The zero-order valence-electron chi connectivity index (χ0n) is 20.0. The predicted octanol–water partition coefficient (Wildman–Crippen LogP) is 4.35. The zero-order valence-corrected chi connectivity index (χ0v) is 21.5. The van der Waals surface area contributed by atoms with Crippen LogP contribution in [0.15, 0.2) is 48.5 Å². The molecule has 0 spiro atoms. The largest absolute Gasteiger partial charge is 0.430 e. The van der Waals surface area contributed by atoms with Crippen molar-refractivity contribution in [3.8, 4) is 6.07 Å². The van der Waals surface area contributed by atoms with Gasteiger partial charge in [0, 0.05) is 22.6 Å². The van der Waals surface area contributed by atoms with Crippen LogP contribution in [-0.4, -0.2) is 47.8 Å². The molecule has 9 heteroatoms. The van der Waals surface area contributed by atoms with Crippen LogP contribution in [0.5, 0.6) is 0 Å². The maximum Gasteiger partial charge on any atom is 0.408 e. The third-order valence-corrected chi connectivity index (χ3v) is 6.65. The number of benzene rings is 2. The molecule has 0 bridgehead atoms. The van der Waals surface area contributed by atoms with Gasteiger partial charge >= 0.3 is 6.09 Å². The molecule has 0 aliphatic carbocycles. The number of alkyl carbamates (subject to hydrolysis) is 1. The maximum atomic E-state index is 12.6. The summed E-state index contributed by atoms with van der Waals surface area (Å²) in [6.45, 7) is 5.60. The summed E-state index contributed by atoms with van der Waals surface area (Å²) in [5, 5.41) is 36.3. The Kier molecular flexibility index (Phi) is 8.68. The van der Waals surface area contributed by atoms with E-state index in [4.69, 9.17) is 33.0 Å². The lowest BCUT2D eigenvalue weighted by molar-refractivity contribution is 0.0624. The van der Waals surface area contributed by atoms with E-state index in [2.05, 4.69) is 37.5 Å². The molecule has 0 unspecified atom stereocenters. The second-order valence-corrected chi connectivity index (χ2v) is 10.9. The molecular weight excluding hydrogens is 489 g/mol. The van der Waals surface area contributed by atoms with E-state index in [1.54, 1.807) is 30.3 Å². The van der Waals surface area contributed by atoms with Crippen molar-refractivity contribution < 1.29 is 19.7 Å². The Balaban J connectivity index is 2.12. The predicted molar refractivity (Wildman–Crippen MR) is 135 cm³/mol. The highest BCUT2D eigenvalue weighted by Crippen LogP contribution is 2.51. The van der Waals surface area contributed by atoms with E-state index in [9.17, 15) is 15.2 Å².